The lowest BCUT2D eigenvalue weighted by molar-refractivity contribution is -0.384. The molecule has 2 rings (SSSR count). The largest absolute Gasteiger partial charge is 0.484 e. The zero-order valence-electron chi connectivity index (χ0n) is 13.7. The Bertz CT molecular complexity index is 820. The van der Waals surface area contributed by atoms with Crippen LogP contribution in [-0.4, -0.2) is 23.5 Å². The Labute approximate surface area is 144 Å². The zero-order valence-corrected chi connectivity index (χ0v) is 13.7. The maximum absolute atomic E-state index is 11.9. The van der Waals surface area contributed by atoms with Gasteiger partial charge in [0.05, 0.1) is 11.0 Å². The first-order valence-electron chi connectivity index (χ1n) is 7.41. The summed E-state index contributed by atoms with van der Waals surface area (Å²) in [5.74, 6) is -0.506. The molecule has 0 aliphatic carbocycles. The van der Waals surface area contributed by atoms with Crippen LogP contribution in [0.4, 0.5) is 16.2 Å². The SMILES string of the molecule is Cc1cccc(NC(=O)NC(=O)COc2cccc([N+](=O)[O-])c2)c1C. The van der Waals surface area contributed by atoms with Gasteiger partial charge in [-0.3, -0.25) is 20.2 Å². The number of benzene rings is 2. The van der Waals surface area contributed by atoms with E-state index in [9.17, 15) is 19.7 Å². The molecule has 2 aromatic rings. The number of aryl methyl sites for hydroxylation is 1. The van der Waals surface area contributed by atoms with Crippen LogP contribution in [0.5, 0.6) is 5.75 Å². The smallest absolute Gasteiger partial charge is 0.325 e. The van der Waals surface area contributed by atoms with Crippen molar-refractivity contribution in [3.05, 3.63) is 63.7 Å². The summed E-state index contributed by atoms with van der Waals surface area (Å²) in [6, 6.07) is 10.2. The Balaban J connectivity index is 1.87. The average Bonchev–Trinajstić information content (AvgIpc) is 2.57. The number of urea groups is 1. The van der Waals surface area contributed by atoms with E-state index in [0.717, 1.165) is 11.1 Å². The number of nitrogens with zero attached hydrogens (tertiary/aromatic N) is 1. The zero-order chi connectivity index (χ0) is 18.4. The third kappa shape index (κ3) is 5.03. The number of carbonyl (C=O) groups excluding carboxylic acids is 2. The van der Waals surface area contributed by atoms with Crippen LogP contribution < -0.4 is 15.4 Å². The molecule has 8 heteroatoms. The van der Waals surface area contributed by atoms with Gasteiger partial charge >= 0.3 is 6.03 Å². The molecule has 0 bridgehead atoms. The fourth-order valence-corrected chi connectivity index (χ4v) is 2.04. The Hall–Kier alpha value is -3.42. The third-order valence-electron chi connectivity index (χ3n) is 3.50. The second-order valence-corrected chi connectivity index (χ2v) is 5.29. The molecule has 0 aromatic heterocycles. The molecule has 2 aromatic carbocycles. The van der Waals surface area contributed by atoms with E-state index in [1.54, 1.807) is 12.1 Å². The molecule has 25 heavy (non-hydrogen) atoms. The highest BCUT2D eigenvalue weighted by Crippen LogP contribution is 2.19. The van der Waals surface area contributed by atoms with Gasteiger partial charge in [-0.2, -0.15) is 0 Å². The molecule has 0 aliphatic rings. The molecule has 0 atom stereocenters. The van der Waals surface area contributed by atoms with Gasteiger partial charge in [-0.1, -0.05) is 18.2 Å². The van der Waals surface area contributed by atoms with Crippen LogP contribution in [0.15, 0.2) is 42.5 Å². The van der Waals surface area contributed by atoms with Gasteiger partial charge in [0.1, 0.15) is 5.75 Å². The number of imide groups is 1. The maximum atomic E-state index is 11.9. The normalized spacial score (nSPS) is 10.0. The monoisotopic (exact) mass is 343 g/mol. The van der Waals surface area contributed by atoms with E-state index in [1.807, 2.05) is 19.9 Å². The summed E-state index contributed by atoms with van der Waals surface area (Å²) in [7, 11) is 0. The Kier molecular flexibility index (Phi) is 5.67. The summed E-state index contributed by atoms with van der Waals surface area (Å²) in [4.78, 5) is 33.7. The molecule has 0 fully saturated rings. The van der Waals surface area contributed by atoms with Crippen molar-refractivity contribution in [1.29, 1.82) is 0 Å². The van der Waals surface area contributed by atoms with E-state index in [2.05, 4.69) is 10.6 Å². The predicted molar refractivity (Wildman–Crippen MR) is 91.7 cm³/mol. The van der Waals surface area contributed by atoms with E-state index in [-0.39, 0.29) is 11.4 Å². The van der Waals surface area contributed by atoms with Crippen LogP contribution in [0.1, 0.15) is 11.1 Å². The van der Waals surface area contributed by atoms with Gasteiger partial charge in [-0.05, 0) is 37.1 Å². The van der Waals surface area contributed by atoms with Crippen molar-refractivity contribution >= 4 is 23.3 Å². The summed E-state index contributed by atoms with van der Waals surface area (Å²) < 4.78 is 5.16. The molecule has 8 nitrogen and oxygen atoms in total. The predicted octanol–water partition coefficient (Wildman–Crippen LogP) is 2.94. The molecule has 0 saturated heterocycles. The first-order chi connectivity index (χ1) is 11.9. The average molecular weight is 343 g/mol. The van der Waals surface area contributed by atoms with Gasteiger partial charge in [0.25, 0.3) is 11.6 Å². The topological polar surface area (TPSA) is 111 Å². The van der Waals surface area contributed by atoms with Crippen molar-refractivity contribution in [1.82, 2.24) is 5.32 Å². The van der Waals surface area contributed by atoms with Crippen LogP contribution in [0.25, 0.3) is 0 Å². The highest BCUT2D eigenvalue weighted by molar-refractivity contribution is 6.02. The van der Waals surface area contributed by atoms with E-state index in [0.29, 0.717) is 5.69 Å². The van der Waals surface area contributed by atoms with Crippen molar-refractivity contribution in [2.24, 2.45) is 0 Å². The van der Waals surface area contributed by atoms with Gasteiger partial charge in [-0.15, -0.1) is 0 Å². The van der Waals surface area contributed by atoms with Crippen molar-refractivity contribution in [3.8, 4) is 5.75 Å². The fraction of sp³-hybridized carbons (Fsp3) is 0.176. The number of non-ortho nitro benzene ring substituents is 1. The van der Waals surface area contributed by atoms with Crippen molar-refractivity contribution < 1.29 is 19.2 Å². The highest BCUT2D eigenvalue weighted by atomic mass is 16.6. The molecule has 3 amide bonds. The first-order valence-corrected chi connectivity index (χ1v) is 7.41. The third-order valence-corrected chi connectivity index (χ3v) is 3.50. The summed E-state index contributed by atoms with van der Waals surface area (Å²) >= 11 is 0. The van der Waals surface area contributed by atoms with E-state index in [4.69, 9.17) is 4.74 Å². The minimum absolute atomic E-state index is 0.148. The van der Waals surface area contributed by atoms with E-state index in [1.165, 1.54) is 24.3 Å². The quantitative estimate of drug-likeness (QED) is 0.640. The molecule has 2 N–H and O–H groups in total. The minimum atomic E-state index is -0.679. The number of carbonyl (C=O) groups is 2. The second-order valence-electron chi connectivity index (χ2n) is 5.29. The van der Waals surface area contributed by atoms with Gasteiger partial charge in [0.15, 0.2) is 6.61 Å². The van der Waals surface area contributed by atoms with Crippen LogP contribution in [0.2, 0.25) is 0 Å². The van der Waals surface area contributed by atoms with Gasteiger partial charge in [-0.25, -0.2) is 4.79 Å². The molecule has 0 heterocycles. The van der Waals surface area contributed by atoms with Crippen molar-refractivity contribution in [3.63, 3.8) is 0 Å². The highest BCUT2D eigenvalue weighted by Gasteiger charge is 2.12. The van der Waals surface area contributed by atoms with Gasteiger partial charge in [0, 0.05) is 11.8 Å². The fourth-order valence-electron chi connectivity index (χ4n) is 2.04. The Morgan fingerprint density at radius 3 is 2.60 bits per heavy atom. The summed E-state index contributed by atoms with van der Waals surface area (Å²) in [5, 5.41) is 15.4. The van der Waals surface area contributed by atoms with E-state index < -0.39 is 23.5 Å². The first kappa shape index (κ1) is 17.9. The number of nitro benzene ring substituents is 1. The lowest BCUT2D eigenvalue weighted by atomic mass is 10.1. The number of ether oxygens (including phenoxy) is 1. The van der Waals surface area contributed by atoms with Crippen LogP contribution >= 0.6 is 0 Å². The Morgan fingerprint density at radius 1 is 1.16 bits per heavy atom. The lowest BCUT2D eigenvalue weighted by Crippen LogP contribution is -2.37. The molecule has 0 radical (unpaired) electrons. The second kappa shape index (κ2) is 7.91. The number of anilines is 1. The van der Waals surface area contributed by atoms with Crippen LogP contribution in [-0.2, 0) is 4.79 Å². The number of nitrogens with one attached hydrogen (secondary N) is 2. The van der Waals surface area contributed by atoms with E-state index >= 15 is 0 Å². The molecular weight excluding hydrogens is 326 g/mol. The molecule has 0 aliphatic heterocycles. The van der Waals surface area contributed by atoms with Crippen molar-refractivity contribution in [2.45, 2.75) is 13.8 Å². The minimum Gasteiger partial charge on any atom is -0.484 e. The van der Waals surface area contributed by atoms with Gasteiger partial charge < -0.3 is 10.1 Å². The molecular formula is C17H17N3O5. The van der Waals surface area contributed by atoms with Crippen molar-refractivity contribution in [2.75, 3.05) is 11.9 Å². The Morgan fingerprint density at radius 2 is 1.88 bits per heavy atom. The number of rotatable bonds is 5. The van der Waals surface area contributed by atoms with Crippen LogP contribution in [0, 0.1) is 24.0 Å². The summed E-state index contributed by atoms with van der Waals surface area (Å²) in [5.41, 5.74) is 2.37. The number of amides is 3. The molecule has 0 unspecified atom stereocenters. The molecule has 0 spiro atoms. The lowest BCUT2D eigenvalue weighted by Gasteiger charge is -2.11. The number of nitro groups is 1. The summed E-state index contributed by atoms with van der Waals surface area (Å²) in [6.07, 6.45) is 0. The summed E-state index contributed by atoms with van der Waals surface area (Å²) in [6.45, 7) is 3.33. The van der Waals surface area contributed by atoms with Gasteiger partial charge in [0.2, 0.25) is 0 Å². The molecule has 0 saturated carbocycles. The van der Waals surface area contributed by atoms with Crippen LogP contribution in [0.3, 0.4) is 0 Å². The molecule has 130 valence electrons. The number of hydrogen-bond donors (Lipinski definition) is 2. The maximum Gasteiger partial charge on any atom is 0.325 e. The number of hydrogen-bond acceptors (Lipinski definition) is 5. The standard InChI is InChI=1S/C17H17N3O5/c1-11-5-3-8-15(12(11)2)18-17(22)19-16(21)10-25-14-7-4-6-13(9-14)20(23)24/h3-9H,10H2,1-2H3,(H2,18,19,21,22).